The van der Waals surface area contributed by atoms with Gasteiger partial charge in [-0.1, -0.05) is 147 Å². The van der Waals surface area contributed by atoms with E-state index in [9.17, 15) is 0 Å². The van der Waals surface area contributed by atoms with Crippen LogP contribution in [0.15, 0.2) is 49.1 Å². The Hall–Kier alpha value is -1.57. The molecular weight excluding hydrogens is 412 g/mol. The Kier molecular flexibility index (Phi) is 16.6. The lowest BCUT2D eigenvalue weighted by atomic mass is 9.84. The molecule has 2 heteroatoms. The van der Waals surface area contributed by atoms with Crippen LogP contribution in [-0.4, -0.2) is 9.55 Å². The molecule has 2 aromatic rings. The Labute approximate surface area is 212 Å². The number of benzene rings is 1. The molecule has 1 aromatic heterocycles. The van der Waals surface area contributed by atoms with E-state index in [1.807, 2.05) is 6.20 Å². The fourth-order valence-electron chi connectivity index (χ4n) is 5.47. The number of imidazole rings is 1. The van der Waals surface area contributed by atoms with Gasteiger partial charge in [-0.2, -0.15) is 0 Å². The third kappa shape index (κ3) is 12.8. The molecule has 2 nitrogen and oxygen atoms in total. The maximum atomic E-state index is 4.43. The molecule has 2 atom stereocenters. The van der Waals surface area contributed by atoms with E-state index in [-0.39, 0.29) is 0 Å². The first-order chi connectivity index (χ1) is 16.8. The quantitative estimate of drug-likeness (QED) is 0.158. The van der Waals surface area contributed by atoms with Crippen molar-refractivity contribution >= 4 is 0 Å². The van der Waals surface area contributed by atoms with E-state index in [2.05, 4.69) is 66.3 Å². The van der Waals surface area contributed by atoms with Gasteiger partial charge in [0.1, 0.15) is 0 Å². The number of nitrogens with zero attached hydrogens (tertiary/aromatic N) is 2. The van der Waals surface area contributed by atoms with E-state index < -0.39 is 0 Å². The molecule has 0 spiro atoms. The smallest absolute Gasteiger partial charge is 0.0948 e. The summed E-state index contributed by atoms with van der Waals surface area (Å²) in [4.78, 5) is 4.43. The van der Waals surface area contributed by atoms with Crippen LogP contribution in [0.25, 0.3) is 0 Å². The highest BCUT2D eigenvalue weighted by molar-refractivity contribution is 5.15. The Balaban J connectivity index is 1.87. The Morgan fingerprint density at radius 2 is 1.18 bits per heavy atom. The molecule has 1 heterocycles. The van der Waals surface area contributed by atoms with Crippen LogP contribution >= 0.6 is 0 Å². The third-order valence-corrected chi connectivity index (χ3v) is 7.57. The molecule has 0 radical (unpaired) electrons. The van der Waals surface area contributed by atoms with E-state index >= 15 is 0 Å². The maximum Gasteiger partial charge on any atom is 0.0948 e. The number of aromatic nitrogens is 2. The summed E-state index contributed by atoms with van der Waals surface area (Å²) in [5.74, 6) is 0.696. The maximum absolute atomic E-state index is 4.43. The lowest BCUT2D eigenvalue weighted by Crippen LogP contribution is -2.21. The Morgan fingerprint density at radius 1 is 0.647 bits per heavy atom. The monoisotopic (exact) mass is 466 g/mol. The van der Waals surface area contributed by atoms with Crippen molar-refractivity contribution in [2.24, 2.45) is 5.92 Å². The molecule has 0 bridgehead atoms. The van der Waals surface area contributed by atoms with E-state index in [1.165, 1.54) is 128 Å². The molecule has 1 aromatic carbocycles. The van der Waals surface area contributed by atoms with Crippen LogP contribution in [0.1, 0.15) is 141 Å². The molecule has 0 fully saturated rings. The SMILES string of the molecule is CCCCCCCCCCC(Cc1ccccc1)C(CCCCCCCCCC)n1ccnc1. The number of hydrogen-bond acceptors (Lipinski definition) is 1. The van der Waals surface area contributed by atoms with Gasteiger partial charge in [0.2, 0.25) is 0 Å². The summed E-state index contributed by atoms with van der Waals surface area (Å²) in [7, 11) is 0. The second-order valence-corrected chi connectivity index (χ2v) is 10.6. The van der Waals surface area contributed by atoms with Gasteiger partial charge in [0.25, 0.3) is 0 Å². The predicted octanol–water partition coefficient (Wildman–Crippen LogP) is 10.3. The zero-order valence-corrected chi connectivity index (χ0v) is 22.6. The molecule has 0 aliphatic heterocycles. The first-order valence-corrected chi connectivity index (χ1v) is 14.9. The second kappa shape index (κ2) is 19.7. The fraction of sp³-hybridized carbons (Fsp3) is 0.719. The molecule has 192 valence electrons. The molecular formula is C32H54N2. The molecule has 0 amide bonds. The zero-order chi connectivity index (χ0) is 24.1. The highest BCUT2D eigenvalue weighted by atomic mass is 15.1. The number of unbranched alkanes of at least 4 members (excludes halogenated alkanes) is 14. The average Bonchev–Trinajstić information content (AvgIpc) is 3.39. The largest absolute Gasteiger partial charge is 0.334 e. The van der Waals surface area contributed by atoms with Gasteiger partial charge in [0.05, 0.1) is 6.33 Å². The van der Waals surface area contributed by atoms with Crippen molar-refractivity contribution in [2.75, 3.05) is 0 Å². The topological polar surface area (TPSA) is 17.8 Å². The fourth-order valence-corrected chi connectivity index (χ4v) is 5.47. The highest BCUT2D eigenvalue weighted by Gasteiger charge is 2.23. The summed E-state index contributed by atoms with van der Waals surface area (Å²) in [6.07, 6.45) is 32.4. The lowest BCUT2D eigenvalue weighted by Gasteiger charge is -2.29. The normalized spacial score (nSPS) is 13.2. The molecule has 0 aliphatic carbocycles. The summed E-state index contributed by atoms with van der Waals surface area (Å²) in [6.45, 7) is 4.60. The zero-order valence-electron chi connectivity index (χ0n) is 22.6. The minimum atomic E-state index is 0.576. The van der Waals surface area contributed by atoms with Crippen molar-refractivity contribution in [1.29, 1.82) is 0 Å². The van der Waals surface area contributed by atoms with Gasteiger partial charge in [-0.15, -0.1) is 0 Å². The number of hydrogen-bond donors (Lipinski definition) is 0. The Morgan fingerprint density at radius 3 is 1.71 bits per heavy atom. The second-order valence-electron chi connectivity index (χ2n) is 10.6. The van der Waals surface area contributed by atoms with Crippen LogP contribution in [0.3, 0.4) is 0 Å². The third-order valence-electron chi connectivity index (χ3n) is 7.57. The van der Waals surface area contributed by atoms with Gasteiger partial charge in [-0.25, -0.2) is 4.98 Å². The van der Waals surface area contributed by atoms with Crippen LogP contribution in [0.2, 0.25) is 0 Å². The van der Waals surface area contributed by atoms with E-state index in [0.29, 0.717) is 12.0 Å². The van der Waals surface area contributed by atoms with Gasteiger partial charge in [-0.05, 0) is 30.7 Å². The van der Waals surface area contributed by atoms with Crippen LogP contribution < -0.4 is 0 Å². The molecule has 0 aliphatic rings. The molecule has 0 saturated carbocycles. The average molecular weight is 467 g/mol. The van der Waals surface area contributed by atoms with Crippen LogP contribution in [0, 0.1) is 5.92 Å². The van der Waals surface area contributed by atoms with Gasteiger partial charge >= 0.3 is 0 Å². The van der Waals surface area contributed by atoms with Crippen LogP contribution in [0.4, 0.5) is 0 Å². The van der Waals surface area contributed by atoms with Crippen molar-refractivity contribution in [3.63, 3.8) is 0 Å². The summed E-state index contributed by atoms with van der Waals surface area (Å²) in [6, 6.07) is 11.8. The highest BCUT2D eigenvalue weighted by Crippen LogP contribution is 2.32. The van der Waals surface area contributed by atoms with Crippen molar-refractivity contribution < 1.29 is 0 Å². The molecule has 2 unspecified atom stereocenters. The number of rotatable bonds is 22. The molecule has 2 rings (SSSR count). The standard InChI is InChI=1S/C32H54N2/c1-3-5-7-9-11-13-15-20-24-31(28-30-22-18-17-19-23-30)32(34-27-26-33-29-34)25-21-16-14-12-10-8-6-4-2/h17-19,22-23,26-27,29,31-32H,3-16,20-21,24-25,28H2,1-2H3. The summed E-state index contributed by atoms with van der Waals surface area (Å²) in [5, 5.41) is 0. The molecule has 0 N–H and O–H groups in total. The summed E-state index contributed by atoms with van der Waals surface area (Å²) in [5.41, 5.74) is 1.49. The van der Waals surface area contributed by atoms with Crippen molar-refractivity contribution in [3.8, 4) is 0 Å². The summed E-state index contributed by atoms with van der Waals surface area (Å²) < 4.78 is 2.43. The van der Waals surface area contributed by atoms with E-state index in [0.717, 1.165) is 0 Å². The predicted molar refractivity (Wildman–Crippen MR) is 149 cm³/mol. The van der Waals surface area contributed by atoms with Crippen molar-refractivity contribution in [1.82, 2.24) is 9.55 Å². The van der Waals surface area contributed by atoms with Gasteiger partial charge < -0.3 is 4.57 Å². The minimum Gasteiger partial charge on any atom is -0.334 e. The lowest BCUT2D eigenvalue weighted by molar-refractivity contribution is 0.275. The Bertz CT molecular complexity index is 664. The van der Waals surface area contributed by atoms with E-state index in [1.54, 1.807) is 0 Å². The van der Waals surface area contributed by atoms with Crippen LogP contribution in [0.5, 0.6) is 0 Å². The molecule has 0 saturated heterocycles. The minimum absolute atomic E-state index is 0.576. The molecule has 34 heavy (non-hydrogen) atoms. The van der Waals surface area contributed by atoms with Gasteiger partial charge in [-0.3, -0.25) is 0 Å². The van der Waals surface area contributed by atoms with E-state index in [4.69, 9.17) is 0 Å². The van der Waals surface area contributed by atoms with Crippen molar-refractivity contribution in [3.05, 3.63) is 54.6 Å². The van der Waals surface area contributed by atoms with Crippen molar-refractivity contribution in [2.45, 2.75) is 142 Å². The summed E-state index contributed by atoms with van der Waals surface area (Å²) >= 11 is 0. The first-order valence-electron chi connectivity index (χ1n) is 14.9. The first kappa shape index (κ1) is 28.7. The van der Waals surface area contributed by atoms with Gasteiger partial charge in [0.15, 0.2) is 0 Å². The van der Waals surface area contributed by atoms with Gasteiger partial charge in [0, 0.05) is 18.4 Å². The van der Waals surface area contributed by atoms with Crippen LogP contribution in [-0.2, 0) is 6.42 Å².